The monoisotopic (exact) mass is 521 g/mol. The molecule has 0 bridgehead atoms. The standard InChI is InChI=1S/C26H24ClF4N3O2/c27-20-6-7-23(32-16-20)25(15-17-4-2-1-3-5-17,34-24(35)33-22-8-10-36-11-9-22)18-12-19(26(29,30)31)14-21(28)13-18/h1-7,12-14,16,22H,8-11,15H2,(H2,33,34,35)/t25-/m0/s1. The highest BCUT2D eigenvalue weighted by atomic mass is 35.5. The summed E-state index contributed by atoms with van der Waals surface area (Å²) in [6, 6.07) is 13.4. The number of nitrogens with one attached hydrogen (secondary N) is 2. The molecule has 0 radical (unpaired) electrons. The van der Waals surface area contributed by atoms with Gasteiger partial charge in [-0.1, -0.05) is 41.9 Å². The van der Waals surface area contributed by atoms with E-state index in [1.165, 1.54) is 18.3 Å². The smallest absolute Gasteiger partial charge is 0.381 e. The summed E-state index contributed by atoms with van der Waals surface area (Å²) in [5, 5.41) is 6.02. The highest BCUT2D eigenvalue weighted by Gasteiger charge is 2.41. The van der Waals surface area contributed by atoms with Gasteiger partial charge in [0.05, 0.1) is 16.3 Å². The highest BCUT2D eigenvalue weighted by Crippen LogP contribution is 2.38. The maximum atomic E-state index is 14.6. The van der Waals surface area contributed by atoms with E-state index in [-0.39, 0.29) is 23.7 Å². The summed E-state index contributed by atoms with van der Waals surface area (Å²) in [6.45, 7) is 0.968. The fraction of sp³-hybridized carbons (Fsp3) is 0.308. The van der Waals surface area contributed by atoms with Gasteiger partial charge in [0.1, 0.15) is 11.4 Å². The molecule has 1 atom stereocenters. The average Bonchev–Trinajstić information content (AvgIpc) is 2.84. The lowest BCUT2D eigenvalue weighted by molar-refractivity contribution is -0.137. The second-order valence-electron chi connectivity index (χ2n) is 8.64. The SMILES string of the molecule is O=C(NC1CCOCC1)N[C@@](Cc1ccccc1)(c1cc(F)cc(C(F)(F)F)c1)c1ccc(Cl)cn1. The van der Waals surface area contributed by atoms with E-state index in [2.05, 4.69) is 15.6 Å². The Morgan fingerprint density at radius 1 is 1.03 bits per heavy atom. The number of amides is 2. The van der Waals surface area contributed by atoms with Gasteiger partial charge < -0.3 is 15.4 Å². The number of pyridine rings is 1. The molecule has 1 fully saturated rings. The Kier molecular flexibility index (Phi) is 7.80. The predicted octanol–water partition coefficient (Wildman–Crippen LogP) is 5.86. The van der Waals surface area contributed by atoms with Crippen molar-refractivity contribution in [1.82, 2.24) is 15.6 Å². The molecule has 190 valence electrons. The second-order valence-corrected chi connectivity index (χ2v) is 9.08. The van der Waals surface area contributed by atoms with Crippen molar-refractivity contribution >= 4 is 17.6 Å². The maximum Gasteiger partial charge on any atom is 0.416 e. The average molecular weight is 522 g/mol. The van der Waals surface area contributed by atoms with E-state index in [1.807, 2.05) is 0 Å². The molecule has 4 rings (SSSR count). The van der Waals surface area contributed by atoms with Crippen molar-refractivity contribution in [2.24, 2.45) is 0 Å². The molecule has 2 aromatic carbocycles. The van der Waals surface area contributed by atoms with Gasteiger partial charge in [-0.15, -0.1) is 0 Å². The molecule has 10 heteroatoms. The molecule has 1 aliphatic heterocycles. The van der Waals surface area contributed by atoms with Gasteiger partial charge in [-0.05, 0) is 54.3 Å². The number of rotatable bonds is 6. The Morgan fingerprint density at radius 3 is 2.36 bits per heavy atom. The van der Waals surface area contributed by atoms with Crippen molar-refractivity contribution in [3.8, 4) is 0 Å². The number of alkyl halides is 3. The third-order valence-electron chi connectivity index (χ3n) is 6.08. The summed E-state index contributed by atoms with van der Waals surface area (Å²) in [6.07, 6.45) is -2.27. The van der Waals surface area contributed by atoms with Gasteiger partial charge in [0, 0.05) is 31.9 Å². The first-order chi connectivity index (χ1) is 17.2. The number of carbonyl (C=O) groups is 1. The third-order valence-corrected chi connectivity index (χ3v) is 6.30. The third kappa shape index (κ3) is 6.14. The number of aromatic nitrogens is 1. The van der Waals surface area contributed by atoms with Crippen LogP contribution in [0.15, 0.2) is 66.9 Å². The molecule has 2 amide bonds. The minimum atomic E-state index is -4.80. The summed E-state index contributed by atoms with van der Waals surface area (Å²) >= 11 is 6.03. The molecule has 1 saturated heterocycles. The number of urea groups is 1. The van der Waals surface area contributed by atoms with E-state index in [4.69, 9.17) is 16.3 Å². The molecule has 36 heavy (non-hydrogen) atoms. The zero-order chi connectivity index (χ0) is 25.8. The summed E-state index contributed by atoms with van der Waals surface area (Å²) in [7, 11) is 0. The van der Waals surface area contributed by atoms with Crippen LogP contribution < -0.4 is 10.6 Å². The lowest BCUT2D eigenvalue weighted by atomic mass is 9.79. The Balaban J connectivity index is 1.86. The van der Waals surface area contributed by atoms with Crippen LogP contribution >= 0.6 is 11.6 Å². The molecule has 5 nitrogen and oxygen atoms in total. The first kappa shape index (κ1) is 25.9. The van der Waals surface area contributed by atoms with Crippen LogP contribution in [0.25, 0.3) is 0 Å². The second kappa shape index (κ2) is 10.8. The Hall–Kier alpha value is -3.17. The zero-order valence-corrected chi connectivity index (χ0v) is 19.9. The number of ether oxygens (including phenoxy) is 1. The Morgan fingerprint density at radius 2 is 1.72 bits per heavy atom. The molecule has 0 saturated carbocycles. The van der Waals surface area contributed by atoms with Crippen molar-refractivity contribution < 1.29 is 27.1 Å². The van der Waals surface area contributed by atoms with Gasteiger partial charge in [-0.2, -0.15) is 13.2 Å². The minimum Gasteiger partial charge on any atom is -0.381 e. The van der Waals surface area contributed by atoms with Crippen LogP contribution in [0, 0.1) is 5.82 Å². The Bertz CT molecular complexity index is 1190. The molecular weight excluding hydrogens is 498 g/mol. The first-order valence-electron chi connectivity index (χ1n) is 11.4. The van der Waals surface area contributed by atoms with Crippen LogP contribution in [-0.4, -0.2) is 30.3 Å². The molecule has 2 heterocycles. The molecule has 1 aromatic heterocycles. The quantitative estimate of drug-likeness (QED) is 0.400. The largest absolute Gasteiger partial charge is 0.416 e. The summed E-state index contributed by atoms with van der Waals surface area (Å²) in [4.78, 5) is 17.6. The van der Waals surface area contributed by atoms with Crippen LogP contribution in [0.2, 0.25) is 5.02 Å². The summed E-state index contributed by atoms with van der Waals surface area (Å²) in [5.74, 6) is -1.09. The highest BCUT2D eigenvalue weighted by molar-refractivity contribution is 6.30. The zero-order valence-electron chi connectivity index (χ0n) is 19.1. The number of benzene rings is 2. The van der Waals surface area contributed by atoms with Gasteiger partial charge in [0.25, 0.3) is 0 Å². The van der Waals surface area contributed by atoms with E-state index in [0.717, 1.165) is 12.1 Å². The minimum absolute atomic E-state index is 0.00439. The molecular formula is C26H24ClF4N3O2. The summed E-state index contributed by atoms with van der Waals surface area (Å²) < 4.78 is 61.0. The number of nitrogens with zero attached hydrogens (tertiary/aromatic N) is 1. The lowest BCUT2D eigenvalue weighted by Gasteiger charge is -2.36. The van der Waals surface area contributed by atoms with Crippen molar-refractivity contribution in [3.63, 3.8) is 0 Å². The van der Waals surface area contributed by atoms with Crippen molar-refractivity contribution in [2.75, 3.05) is 13.2 Å². The predicted molar refractivity (Wildman–Crippen MR) is 127 cm³/mol. The van der Waals surface area contributed by atoms with E-state index >= 15 is 0 Å². The lowest BCUT2D eigenvalue weighted by Crippen LogP contribution is -2.55. The number of hydrogen-bond acceptors (Lipinski definition) is 3. The maximum absolute atomic E-state index is 14.6. The number of carbonyl (C=O) groups excluding carboxylic acids is 1. The van der Waals surface area contributed by atoms with Crippen LogP contribution in [0.1, 0.15) is 35.2 Å². The van der Waals surface area contributed by atoms with Gasteiger partial charge in [-0.25, -0.2) is 9.18 Å². The van der Waals surface area contributed by atoms with Gasteiger partial charge in [0.15, 0.2) is 0 Å². The molecule has 0 unspecified atom stereocenters. The van der Waals surface area contributed by atoms with Crippen molar-refractivity contribution in [3.05, 3.63) is 100 Å². The van der Waals surface area contributed by atoms with E-state index in [9.17, 15) is 22.4 Å². The van der Waals surface area contributed by atoms with E-state index in [1.54, 1.807) is 30.3 Å². The molecule has 1 aliphatic rings. The van der Waals surface area contributed by atoms with E-state index < -0.39 is 29.1 Å². The fourth-order valence-electron chi connectivity index (χ4n) is 4.31. The van der Waals surface area contributed by atoms with Crippen molar-refractivity contribution in [2.45, 2.75) is 37.0 Å². The first-order valence-corrected chi connectivity index (χ1v) is 11.7. The molecule has 0 spiro atoms. The topological polar surface area (TPSA) is 63.2 Å². The van der Waals surface area contributed by atoms with Crippen LogP contribution in [0.4, 0.5) is 22.4 Å². The molecule has 0 aliphatic carbocycles. The number of halogens is 5. The fourth-order valence-corrected chi connectivity index (χ4v) is 4.42. The number of hydrogen-bond donors (Lipinski definition) is 2. The normalized spacial score (nSPS) is 16.2. The molecule has 3 aromatic rings. The van der Waals surface area contributed by atoms with E-state index in [0.29, 0.717) is 42.7 Å². The van der Waals surface area contributed by atoms with Gasteiger partial charge >= 0.3 is 12.2 Å². The van der Waals surface area contributed by atoms with Gasteiger partial charge in [0.2, 0.25) is 0 Å². The Labute approximate surface area is 210 Å². The van der Waals surface area contributed by atoms with Gasteiger partial charge in [-0.3, -0.25) is 4.98 Å². The van der Waals surface area contributed by atoms with Crippen molar-refractivity contribution in [1.29, 1.82) is 0 Å². The van der Waals surface area contributed by atoms with Crippen LogP contribution in [0.5, 0.6) is 0 Å². The summed E-state index contributed by atoms with van der Waals surface area (Å²) in [5.41, 5.74) is -2.02. The van der Waals surface area contributed by atoms with Crippen LogP contribution in [-0.2, 0) is 22.9 Å². The molecule has 2 N–H and O–H groups in total. The van der Waals surface area contributed by atoms with Crippen LogP contribution in [0.3, 0.4) is 0 Å².